The van der Waals surface area contributed by atoms with Crippen LogP contribution in [0, 0.1) is 5.82 Å². The fourth-order valence-electron chi connectivity index (χ4n) is 1.01. The van der Waals surface area contributed by atoms with Gasteiger partial charge in [0.05, 0.1) is 17.3 Å². The minimum Gasteiger partial charge on any atom is -0.492 e. The van der Waals surface area contributed by atoms with Crippen molar-refractivity contribution in [3.05, 3.63) is 22.4 Å². The van der Waals surface area contributed by atoms with Gasteiger partial charge in [0.2, 0.25) is 5.91 Å². The molecule has 1 rings (SSSR count). The van der Waals surface area contributed by atoms with Crippen LogP contribution in [0.4, 0.5) is 10.1 Å². The van der Waals surface area contributed by atoms with E-state index in [9.17, 15) is 9.18 Å². The third-order valence-corrected chi connectivity index (χ3v) is 2.19. The molecule has 0 aliphatic rings. The Morgan fingerprint density at radius 1 is 1.57 bits per heavy atom. The largest absolute Gasteiger partial charge is 0.492 e. The molecule has 1 N–H and O–H groups in total. The number of hydrogen-bond donors (Lipinski definition) is 1. The van der Waals surface area contributed by atoms with Crippen molar-refractivity contribution in [2.45, 2.75) is 6.92 Å². The number of nitrogens with one attached hydrogen (secondary N) is 1. The van der Waals surface area contributed by atoms with Crippen LogP contribution in [0.1, 0.15) is 6.92 Å². The number of methoxy groups -OCH3 is 1. The first kappa shape index (κ1) is 11.0. The van der Waals surface area contributed by atoms with Gasteiger partial charge in [0.25, 0.3) is 0 Å². The van der Waals surface area contributed by atoms with Gasteiger partial charge in [0, 0.05) is 6.92 Å². The summed E-state index contributed by atoms with van der Waals surface area (Å²) in [6.07, 6.45) is 0. The molecule has 0 atom stereocenters. The molecule has 0 aliphatic heterocycles. The third kappa shape index (κ3) is 2.23. The Hall–Kier alpha value is -1.10. The van der Waals surface area contributed by atoms with Gasteiger partial charge in [0.1, 0.15) is 0 Å². The molecule has 3 nitrogen and oxygen atoms in total. The number of rotatable bonds is 2. The quantitative estimate of drug-likeness (QED) is 0.889. The van der Waals surface area contributed by atoms with Crippen molar-refractivity contribution in [3.63, 3.8) is 0 Å². The monoisotopic (exact) mass is 261 g/mol. The zero-order valence-corrected chi connectivity index (χ0v) is 9.31. The molecule has 0 unspecified atom stereocenters. The molecule has 0 radical (unpaired) electrons. The van der Waals surface area contributed by atoms with E-state index in [1.807, 2.05) is 0 Å². The van der Waals surface area contributed by atoms with E-state index in [-0.39, 0.29) is 17.3 Å². The number of carbonyl (C=O) groups is 1. The maximum atomic E-state index is 13.5. The zero-order chi connectivity index (χ0) is 10.7. The van der Waals surface area contributed by atoms with Crippen LogP contribution >= 0.6 is 15.9 Å². The minimum atomic E-state index is -0.586. The molecule has 0 saturated carbocycles. The van der Waals surface area contributed by atoms with E-state index in [2.05, 4.69) is 21.2 Å². The van der Waals surface area contributed by atoms with Gasteiger partial charge >= 0.3 is 0 Å². The van der Waals surface area contributed by atoms with Crippen molar-refractivity contribution < 1.29 is 13.9 Å². The lowest BCUT2D eigenvalue weighted by Gasteiger charge is -2.09. The molecular weight excluding hydrogens is 253 g/mol. The fraction of sp³-hybridized carbons (Fsp3) is 0.222. The lowest BCUT2D eigenvalue weighted by molar-refractivity contribution is -0.114. The number of benzene rings is 1. The van der Waals surface area contributed by atoms with Crippen LogP contribution in [0.15, 0.2) is 16.6 Å². The second kappa shape index (κ2) is 4.41. The Balaban J connectivity index is 3.14. The molecule has 76 valence electrons. The first-order valence-electron chi connectivity index (χ1n) is 3.86. The Bertz CT molecular complexity index is 368. The van der Waals surface area contributed by atoms with E-state index in [1.165, 1.54) is 20.1 Å². The number of halogens is 2. The Morgan fingerprint density at radius 2 is 2.21 bits per heavy atom. The maximum Gasteiger partial charge on any atom is 0.221 e. The molecule has 0 fully saturated rings. The standard InChI is InChI=1S/C9H9BrFNO2/c1-5(13)12-7-4-3-6(10)9(14-2)8(7)11/h3-4H,1-2H3,(H,12,13). The molecule has 0 spiro atoms. The molecule has 0 saturated heterocycles. The number of carbonyl (C=O) groups excluding carboxylic acids is 1. The second-order valence-electron chi connectivity index (χ2n) is 2.62. The first-order chi connectivity index (χ1) is 6.56. The van der Waals surface area contributed by atoms with Crippen LogP contribution in [0.3, 0.4) is 0 Å². The molecule has 0 aliphatic carbocycles. The number of ether oxygens (including phenoxy) is 1. The smallest absolute Gasteiger partial charge is 0.221 e. The summed E-state index contributed by atoms with van der Waals surface area (Å²) in [5, 5.41) is 2.36. The summed E-state index contributed by atoms with van der Waals surface area (Å²) in [5.41, 5.74) is 0.109. The van der Waals surface area contributed by atoms with Gasteiger partial charge in [-0.15, -0.1) is 0 Å². The van der Waals surface area contributed by atoms with Gasteiger partial charge < -0.3 is 10.1 Å². The molecule has 1 amide bonds. The highest BCUT2D eigenvalue weighted by molar-refractivity contribution is 9.10. The predicted octanol–water partition coefficient (Wildman–Crippen LogP) is 2.56. The summed E-state index contributed by atoms with van der Waals surface area (Å²) in [4.78, 5) is 10.7. The minimum absolute atomic E-state index is 0.0799. The summed E-state index contributed by atoms with van der Waals surface area (Å²) in [6.45, 7) is 1.31. The van der Waals surface area contributed by atoms with E-state index in [0.717, 1.165) is 0 Å². The average molecular weight is 262 g/mol. The second-order valence-corrected chi connectivity index (χ2v) is 3.48. The normalized spacial score (nSPS) is 9.71. The molecule has 14 heavy (non-hydrogen) atoms. The van der Waals surface area contributed by atoms with E-state index < -0.39 is 5.82 Å². The molecular formula is C9H9BrFNO2. The van der Waals surface area contributed by atoms with Crippen LogP contribution in [0.2, 0.25) is 0 Å². The lowest BCUT2D eigenvalue weighted by Crippen LogP contribution is -2.08. The molecule has 0 aromatic heterocycles. The molecule has 1 aromatic carbocycles. The van der Waals surface area contributed by atoms with Gasteiger partial charge in [-0.25, -0.2) is 4.39 Å². The van der Waals surface area contributed by atoms with E-state index >= 15 is 0 Å². The van der Waals surface area contributed by atoms with Gasteiger partial charge in [-0.2, -0.15) is 0 Å². The van der Waals surface area contributed by atoms with Crippen molar-refractivity contribution in [2.24, 2.45) is 0 Å². The van der Waals surface area contributed by atoms with Gasteiger partial charge in [-0.1, -0.05) is 0 Å². The lowest BCUT2D eigenvalue weighted by atomic mass is 10.3. The maximum absolute atomic E-state index is 13.5. The highest BCUT2D eigenvalue weighted by atomic mass is 79.9. The van der Waals surface area contributed by atoms with Crippen LogP contribution in [0.5, 0.6) is 5.75 Å². The molecule has 0 bridgehead atoms. The fourth-order valence-corrected chi connectivity index (χ4v) is 1.47. The van der Waals surface area contributed by atoms with E-state index in [1.54, 1.807) is 6.07 Å². The van der Waals surface area contributed by atoms with Crippen molar-refractivity contribution >= 4 is 27.5 Å². The topological polar surface area (TPSA) is 38.3 Å². The summed E-state index contributed by atoms with van der Waals surface area (Å²) < 4.78 is 18.9. The van der Waals surface area contributed by atoms with Crippen LogP contribution in [0.25, 0.3) is 0 Å². The van der Waals surface area contributed by atoms with E-state index in [0.29, 0.717) is 4.47 Å². The number of anilines is 1. The van der Waals surface area contributed by atoms with Gasteiger partial charge in [0.15, 0.2) is 11.6 Å². The van der Waals surface area contributed by atoms with Crippen LogP contribution in [-0.2, 0) is 4.79 Å². The summed E-state index contributed by atoms with van der Waals surface area (Å²) >= 11 is 3.13. The zero-order valence-electron chi connectivity index (χ0n) is 7.73. The summed E-state index contributed by atoms with van der Waals surface area (Å²) in [7, 11) is 1.36. The number of hydrogen-bond acceptors (Lipinski definition) is 2. The van der Waals surface area contributed by atoms with Crippen molar-refractivity contribution in [1.29, 1.82) is 0 Å². The predicted molar refractivity (Wildman–Crippen MR) is 55.0 cm³/mol. The highest BCUT2D eigenvalue weighted by Gasteiger charge is 2.12. The highest BCUT2D eigenvalue weighted by Crippen LogP contribution is 2.32. The SMILES string of the molecule is COc1c(Br)ccc(NC(C)=O)c1F. The van der Waals surface area contributed by atoms with Gasteiger partial charge in [-0.3, -0.25) is 4.79 Å². The molecule has 0 heterocycles. The van der Waals surface area contributed by atoms with E-state index in [4.69, 9.17) is 4.74 Å². The first-order valence-corrected chi connectivity index (χ1v) is 4.65. The third-order valence-electron chi connectivity index (χ3n) is 1.56. The Morgan fingerprint density at radius 3 is 2.71 bits per heavy atom. The molecule has 5 heteroatoms. The average Bonchev–Trinajstić information content (AvgIpc) is 2.10. The summed E-state index contributed by atoms with van der Waals surface area (Å²) in [5.74, 6) is -0.832. The molecule has 1 aromatic rings. The van der Waals surface area contributed by atoms with Crippen molar-refractivity contribution in [3.8, 4) is 5.75 Å². The number of amides is 1. The Labute approximate surface area is 89.4 Å². The summed E-state index contributed by atoms with van der Waals surface area (Å²) in [6, 6.07) is 3.07. The van der Waals surface area contributed by atoms with Gasteiger partial charge in [-0.05, 0) is 28.1 Å². The van der Waals surface area contributed by atoms with Crippen LogP contribution in [-0.4, -0.2) is 13.0 Å². The van der Waals surface area contributed by atoms with Crippen molar-refractivity contribution in [2.75, 3.05) is 12.4 Å². The van der Waals surface area contributed by atoms with Crippen LogP contribution < -0.4 is 10.1 Å². The van der Waals surface area contributed by atoms with Crippen molar-refractivity contribution in [1.82, 2.24) is 0 Å². The Kier molecular flexibility index (Phi) is 3.46.